The molecule has 4 heterocycles. The van der Waals surface area contributed by atoms with Crippen LogP contribution in [0.15, 0.2) is 91.3 Å². The number of aromatic nitrogens is 3. The maximum atomic E-state index is 4.89. The van der Waals surface area contributed by atoms with Gasteiger partial charge in [-0.25, -0.2) is 0 Å². The minimum atomic E-state index is -1.43. The predicted molar refractivity (Wildman–Crippen MR) is 176 cm³/mol. The van der Waals surface area contributed by atoms with Crippen molar-refractivity contribution < 1.29 is 20.1 Å². The van der Waals surface area contributed by atoms with Crippen molar-refractivity contribution in [2.45, 2.75) is 51.7 Å². The summed E-state index contributed by atoms with van der Waals surface area (Å²) >= 11 is 1.74. The van der Waals surface area contributed by atoms with Crippen LogP contribution in [0, 0.1) is 18.2 Å². The molecule has 2 aromatic carbocycles. The van der Waals surface area contributed by atoms with Crippen molar-refractivity contribution in [3.8, 4) is 22.5 Å². The van der Waals surface area contributed by atoms with Gasteiger partial charge in [0.25, 0.3) is 0 Å². The molecule has 0 bridgehead atoms. The van der Waals surface area contributed by atoms with Crippen LogP contribution in [0.1, 0.15) is 31.2 Å². The third kappa shape index (κ3) is 6.95. The molecule has 1 aliphatic rings. The summed E-state index contributed by atoms with van der Waals surface area (Å²) in [6.45, 7) is 7.29. The molecule has 0 aliphatic heterocycles. The molecule has 7 rings (SSSR count). The van der Waals surface area contributed by atoms with E-state index in [4.69, 9.17) is 4.98 Å². The quantitative estimate of drug-likeness (QED) is 0.130. The molecule has 0 N–H and O–H groups in total. The number of rotatable bonds is 5. The maximum Gasteiger partial charge on any atom is 0.0798 e. The Hall–Kier alpha value is -3.02. The Balaban J connectivity index is 0.000000228. The summed E-state index contributed by atoms with van der Waals surface area (Å²) in [4.78, 5) is 14.8. The van der Waals surface area contributed by atoms with Crippen LogP contribution in [-0.4, -0.2) is 23.0 Å². The number of hydrogen-bond acceptors (Lipinski definition) is 4. The normalized spacial score (nSPS) is 13.5. The van der Waals surface area contributed by atoms with Gasteiger partial charge in [-0.2, -0.15) is 11.3 Å². The zero-order valence-electron chi connectivity index (χ0n) is 24.4. The Bertz CT molecular complexity index is 1720. The molecule has 1 fully saturated rings. The standard InChI is InChI=1S/C25H27N2SSi.C11H8N.Ir/c1-29(2,3)24-16-26-22(14-18(24)12-17-8-4-5-9-17)19-13-21-20-10-6-7-11-23(20)28-25(21)27-15-19;1-2-6-10(7-3-1)11-8-4-5-9-12-11;/h6-7,10-11,13-14,16-17H,4-5,8-9,12H2,1-3H3;1-6,8-9H;/q2*-1;. The first kappa shape index (κ1) is 30.4. The second kappa shape index (κ2) is 13.5. The molecular weight excluding hydrogens is 727 g/mol. The summed E-state index contributed by atoms with van der Waals surface area (Å²) in [7, 11) is -1.43. The second-order valence-corrected chi connectivity index (χ2v) is 18.0. The molecule has 215 valence electrons. The van der Waals surface area contributed by atoms with Crippen LogP contribution in [0.4, 0.5) is 0 Å². The average molecular weight is 762 g/mol. The molecule has 1 saturated carbocycles. The van der Waals surface area contributed by atoms with E-state index in [0.717, 1.165) is 33.3 Å². The molecule has 0 atom stereocenters. The Morgan fingerprint density at radius 3 is 2.36 bits per heavy atom. The smallest absolute Gasteiger partial charge is 0.0798 e. The molecule has 0 spiro atoms. The second-order valence-electron chi connectivity index (χ2n) is 11.9. The van der Waals surface area contributed by atoms with Gasteiger partial charge >= 0.3 is 0 Å². The van der Waals surface area contributed by atoms with E-state index in [9.17, 15) is 0 Å². The Morgan fingerprint density at radius 2 is 1.62 bits per heavy atom. The van der Waals surface area contributed by atoms with E-state index in [2.05, 4.69) is 84.5 Å². The van der Waals surface area contributed by atoms with Crippen molar-refractivity contribution in [2.75, 3.05) is 0 Å². The summed E-state index contributed by atoms with van der Waals surface area (Å²) < 4.78 is 1.28. The topological polar surface area (TPSA) is 38.7 Å². The van der Waals surface area contributed by atoms with Gasteiger partial charge in [0.15, 0.2) is 0 Å². The van der Waals surface area contributed by atoms with Crippen molar-refractivity contribution in [3.63, 3.8) is 0 Å². The number of fused-ring (bicyclic) bond motifs is 3. The van der Waals surface area contributed by atoms with Gasteiger partial charge in [0, 0.05) is 42.0 Å². The summed E-state index contributed by atoms with van der Waals surface area (Å²) in [5, 5.41) is 4.01. The first-order chi connectivity index (χ1) is 20.0. The summed E-state index contributed by atoms with van der Waals surface area (Å²) in [5.74, 6) is 0.839. The van der Waals surface area contributed by atoms with E-state index >= 15 is 0 Å². The van der Waals surface area contributed by atoms with Gasteiger partial charge in [0.05, 0.1) is 8.07 Å². The van der Waals surface area contributed by atoms with E-state index < -0.39 is 8.07 Å². The van der Waals surface area contributed by atoms with Gasteiger partial charge < -0.3 is 15.0 Å². The number of nitrogens with zero attached hydrogens (tertiary/aromatic N) is 3. The van der Waals surface area contributed by atoms with Crippen LogP contribution in [0.3, 0.4) is 0 Å². The van der Waals surface area contributed by atoms with Gasteiger partial charge in [-0.15, -0.1) is 47.5 Å². The Kier molecular flexibility index (Phi) is 9.80. The molecule has 1 radical (unpaired) electrons. The minimum absolute atomic E-state index is 0. The largest absolute Gasteiger partial charge is 0.341 e. The van der Waals surface area contributed by atoms with Crippen molar-refractivity contribution >= 4 is 44.9 Å². The third-order valence-electron chi connectivity index (χ3n) is 7.89. The Labute approximate surface area is 267 Å². The molecule has 3 nitrogen and oxygen atoms in total. The summed E-state index contributed by atoms with van der Waals surface area (Å²) in [6.07, 6.45) is 14.0. The van der Waals surface area contributed by atoms with Crippen molar-refractivity contribution in [1.29, 1.82) is 0 Å². The number of hydrogen-bond donors (Lipinski definition) is 0. The van der Waals surface area contributed by atoms with Gasteiger partial charge in [-0.05, 0) is 52.6 Å². The number of pyridine rings is 3. The van der Waals surface area contributed by atoms with Gasteiger partial charge in [0.1, 0.15) is 0 Å². The van der Waals surface area contributed by atoms with E-state index in [1.54, 1.807) is 17.5 Å². The Morgan fingerprint density at radius 1 is 0.833 bits per heavy atom. The third-order valence-corrected chi connectivity index (χ3v) is 11.0. The molecule has 6 heteroatoms. The van der Waals surface area contributed by atoms with Crippen LogP contribution in [0.25, 0.3) is 42.8 Å². The molecule has 4 aromatic heterocycles. The number of benzene rings is 2. The minimum Gasteiger partial charge on any atom is -0.341 e. The maximum absolute atomic E-state index is 4.89. The molecule has 0 unspecified atom stereocenters. The van der Waals surface area contributed by atoms with Crippen LogP contribution in [0.5, 0.6) is 0 Å². The SMILES string of the molecule is C[Si](C)(C)c1cnc(-c2[c-]nc3sc4ccccc4c3c2)cc1CC1CCCC1.[Ir].[c-]1ccccc1-c1ccccn1. The van der Waals surface area contributed by atoms with Crippen LogP contribution < -0.4 is 5.19 Å². The average Bonchev–Trinajstić information content (AvgIpc) is 3.65. The molecule has 1 aliphatic carbocycles. The van der Waals surface area contributed by atoms with Gasteiger partial charge in [-0.1, -0.05) is 92.7 Å². The summed E-state index contributed by atoms with van der Waals surface area (Å²) in [5.41, 5.74) is 5.56. The predicted octanol–water partition coefficient (Wildman–Crippen LogP) is 9.14. The molecule has 0 amide bonds. The fraction of sp³-hybridized carbons (Fsp3) is 0.250. The molecule has 42 heavy (non-hydrogen) atoms. The zero-order valence-corrected chi connectivity index (χ0v) is 28.6. The molecule has 0 saturated heterocycles. The monoisotopic (exact) mass is 762 g/mol. The first-order valence-electron chi connectivity index (χ1n) is 14.5. The van der Waals surface area contributed by atoms with Gasteiger partial charge in [0.2, 0.25) is 0 Å². The van der Waals surface area contributed by atoms with E-state index in [0.29, 0.717) is 0 Å². The molecular formula is C36H35IrN3SSi-2. The van der Waals surface area contributed by atoms with Crippen LogP contribution in [0.2, 0.25) is 19.6 Å². The first-order valence-corrected chi connectivity index (χ1v) is 18.9. The fourth-order valence-electron chi connectivity index (χ4n) is 5.78. The van der Waals surface area contributed by atoms with Crippen molar-refractivity contribution in [3.05, 3.63) is 109 Å². The zero-order chi connectivity index (χ0) is 28.2. The summed E-state index contributed by atoms with van der Waals surface area (Å²) in [6, 6.07) is 29.9. The van der Waals surface area contributed by atoms with Gasteiger partial charge in [-0.3, -0.25) is 0 Å². The van der Waals surface area contributed by atoms with Crippen LogP contribution >= 0.6 is 11.3 Å². The van der Waals surface area contributed by atoms with E-state index in [1.807, 2.05) is 42.5 Å². The van der Waals surface area contributed by atoms with Crippen molar-refractivity contribution in [1.82, 2.24) is 15.0 Å². The van der Waals surface area contributed by atoms with Crippen molar-refractivity contribution in [2.24, 2.45) is 5.92 Å². The van der Waals surface area contributed by atoms with E-state index in [-0.39, 0.29) is 20.1 Å². The van der Waals surface area contributed by atoms with Crippen LogP contribution in [-0.2, 0) is 26.5 Å². The van der Waals surface area contributed by atoms with E-state index in [1.165, 1.54) is 58.3 Å². The fourth-order valence-corrected chi connectivity index (χ4v) is 8.39. The molecule has 6 aromatic rings. The number of thiophene rings is 1.